The van der Waals surface area contributed by atoms with Crippen LogP contribution in [0.5, 0.6) is 0 Å². The molecule has 0 radical (unpaired) electrons. The molecule has 0 rings (SSSR count). The molecule has 9 nitrogen and oxygen atoms in total. The molecule has 0 spiro atoms. The van der Waals surface area contributed by atoms with E-state index >= 15 is 0 Å². The quantitative estimate of drug-likeness (QED) is 0.322. The topological polar surface area (TPSA) is 165 Å². The first kappa shape index (κ1) is 19.8. The van der Waals surface area contributed by atoms with E-state index in [0.29, 0.717) is 0 Å². The highest BCUT2D eigenvalue weighted by Gasteiger charge is 2.22. The van der Waals surface area contributed by atoms with E-state index < -0.39 is 35.8 Å². The summed E-state index contributed by atoms with van der Waals surface area (Å²) in [5.41, 5.74) is 10.6. The highest BCUT2D eigenvalue weighted by atomic mass is 16.4. The van der Waals surface area contributed by atoms with Crippen LogP contribution in [0.25, 0.3) is 0 Å². The fourth-order valence-electron chi connectivity index (χ4n) is 1.59. The Labute approximate surface area is 128 Å². The van der Waals surface area contributed by atoms with Crippen molar-refractivity contribution in [3.05, 3.63) is 0 Å². The molecule has 0 aromatic carbocycles. The predicted molar refractivity (Wildman–Crippen MR) is 78.4 cm³/mol. The third kappa shape index (κ3) is 7.58. The predicted octanol–water partition coefficient (Wildman–Crippen LogP) is -1.69. The summed E-state index contributed by atoms with van der Waals surface area (Å²) in [4.78, 5) is 44.9. The van der Waals surface area contributed by atoms with Gasteiger partial charge in [0.05, 0.1) is 12.6 Å². The number of rotatable bonds is 10. The van der Waals surface area contributed by atoms with Crippen LogP contribution in [0.3, 0.4) is 0 Å². The molecule has 0 aliphatic carbocycles. The molecule has 0 fully saturated rings. The third-order valence-corrected chi connectivity index (χ3v) is 3.30. The van der Waals surface area contributed by atoms with E-state index in [4.69, 9.17) is 16.6 Å². The summed E-state index contributed by atoms with van der Waals surface area (Å²) in [7, 11) is 0. The summed E-state index contributed by atoms with van der Waals surface area (Å²) in [6.45, 7) is 3.32. The summed E-state index contributed by atoms with van der Waals surface area (Å²) in [5, 5.41) is 13.5. The van der Waals surface area contributed by atoms with E-state index in [2.05, 4.69) is 10.6 Å². The number of hydrogen-bond donors (Lipinski definition) is 5. The highest BCUT2D eigenvalue weighted by molar-refractivity contribution is 5.89. The number of nitrogens with one attached hydrogen (secondary N) is 2. The van der Waals surface area contributed by atoms with Crippen LogP contribution >= 0.6 is 0 Å². The first-order valence-electron chi connectivity index (χ1n) is 7.02. The maximum absolute atomic E-state index is 11.7. The molecule has 0 bridgehead atoms. The Morgan fingerprint density at radius 2 is 1.82 bits per heavy atom. The number of hydrogen-bond acceptors (Lipinski definition) is 5. The van der Waals surface area contributed by atoms with Crippen molar-refractivity contribution < 1.29 is 24.3 Å². The Morgan fingerprint density at radius 3 is 2.27 bits per heavy atom. The Balaban J connectivity index is 4.32. The molecular weight excluding hydrogens is 292 g/mol. The van der Waals surface area contributed by atoms with Crippen molar-refractivity contribution in [3.63, 3.8) is 0 Å². The molecule has 0 saturated carbocycles. The SMILES string of the molecule is CCC(C)C(N)C(=O)NCC(=O)NC(CCC(N)=O)C(=O)O. The fraction of sp³-hybridized carbons (Fsp3) is 0.692. The lowest BCUT2D eigenvalue weighted by Gasteiger charge is -2.18. The third-order valence-electron chi connectivity index (χ3n) is 3.30. The second kappa shape index (κ2) is 9.72. The van der Waals surface area contributed by atoms with Crippen molar-refractivity contribution in [2.24, 2.45) is 17.4 Å². The molecule has 3 unspecified atom stereocenters. The van der Waals surface area contributed by atoms with Crippen molar-refractivity contribution in [1.29, 1.82) is 0 Å². The van der Waals surface area contributed by atoms with Gasteiger partial charge in [0.1, 0.15) is 6.04 Å². The average molecular weight is 316 g/mol. The summed E-state index contributed by atoms with van der Waals surface area (Å²) < 4.78 is 0. The number of primary amides is 1. The monoisotopic (exact) mass is 316 g/mol. The van der Waals surface area contributed by atoms with Crippen molar-refractivity contribution in [3.8, 4) is 0 Å². The Morgan fingerprint density at radius 1 is 1.23 bits per heavy atom. The average Bonchev–Trinajstić information content (AvgIpc) is 2.46. The minimum absolute atomic E-state index is 0.0367. The van der Waals surface area contributed by atoms with Crippen molar-refractivity contribution in [2.45, 2.75) is 45.2 Å². The second-order valence-corrected chi connectivity index (χ2v) is 5.09. The van der Waals surface area contributed by atoms with Crippen LogP contribution in [-0.2, 0) is 19.2 Å². The second-order valence-electron chi connectivity index (χ2n) is 5.09. The number of carboxylic acid groups (broad SMARTS) is 1. The zero-order valence-electron chi connectivity index (χ0n) is 12.8. The van der Waals surface area contributed by atoms with E-state index in [1.807, 2.05) is 13.8 Å². The lowest BCUT2D eigenvalue weighted by atomic mass is 9.99. The minimum Gasteiger partial charge on any atom is -0.480 e. The smallest absolute Gasteiger partial charge is 0.326 e. The molecule has 126 valence electrons. The number of carbonyl (C=O) groups is 4. The van der Waals surface area contributed by atoms with Gasteiger partial charge in [-0.3, -0.25) is 14.4 Å². The normalized spacial score (nSPS) is 14.5. The van der Waals surface area contributed by atoms with Crippen LogP contribution in [0, 0.1) is 5.92 Å². The molecule has 0 aromatic rings. The van der Waals surface area contributed by atoms with Crippen LogP contribution in [0.2, 0.25) is 0 Å². The van der Waals surface area contributed by atoms with E-state index in [1.165, 1.54) is 0 Å². The lowest BCUT2D eigenvalue weighted by Crippen LogP contribution is -2.50. The largest absolute Gasteiger partial charge is 0.480 e. The van der Waals surface area contributed by atoms with Crippen molar-refractivity contribution in [2.75, 3.05) is 6.54 Å². The summed E-state index contributed by atoms with van der Waals surface area (Å²) >= 11 is 0. The maximum Gasteiger partial charge on any atom is 0.326 e. The van der Waals surface area contributed by atoms with Gasteiger partial charge in [-0.05, 0) is 12.3 Å². The van der Waals surface area contributed by atoms with Crippen LogP contribution in [-0.4, -0.2) is 47.4 Å². The van der Waals surface area contributed by atoms with Crippen LogP contribution in [0.4, 0.5) is 0 Å². The van der Waals surface area contributed by atoms with Crippen LogP contribution in [0.1, 0.15) is 33.1 Å². The van der Waals surface area contributed by atoms with Gasteiger partial charge in [-0.15, -0.1) is 0 Å². The van der Waals surface area contributed by atoms with E-state index in [9.17, 15) is 19.2 Å². The number of carbonyl (C=O) groups excluding carboxylic acids is 3. The maximum atomic E-state index is 11.7. The summed E-state index contributed by atoms with van der Waals surface area (Å²) in [5.74, 6) is -3.13. The number of aliphatic carboxylic acids is 1. The molecule has 0 saturated heterocycles. The van der Waals surface area contributed by atoms with Crippen molar-refractivity contribution >= 4 is 23.7 Å². The number of carboxylic acids is 1. The van der Waals surface area contributed by atoms with Crippen molar-refractivity contribution in [1.82, 2.24) is 10.6 Å². The fourth-order valence-corrected chi connectivity index (χ4v) is 1.59. The van der Waals surface area contributed by atoms with Gasteiger partial charge in [0.2, 0.25) is 17.7 Å². The number of amides is 3. The van der Waals surface area contributed by atoms with Gasteiger partial charge in [-0.1, -0.05) is 20.3 Å². The van der Waals surface area contributed by atoms with E-state index in [-0.39, 0.29) is 25.3 Å². The highest BCUT2D eigenvalue weighted by Crippen LogP contribution is 2.04. The Kier molecular flexibility index (Phi) is 8.76. The molecular formula is C13H24N4O5. The zero-order chi connectivity index (χ0) is 17.3. The molecule has 0 aliphatic heterocycles. The first-order chi connectivity index (χ1) is 10.2. The molecule has 3 amide bonds. The van der Waals surface area contributed by atoms with Gasteiger partial charge in [-0.25, -0.2) is 4.79 Å². The van der Waals surface area contributed by atoms with Gasteiger partial charge >= 0.3 is 5.97 Å². The molecule has 0 heterocycles. The van der Waals surface area contributed by atoms with Crippen LogP contribution < -0.4 is 22.1 Å². The zero-order valence-corrected chi connectivity index (χ0v) is 12.8. The summed E-state index contributed by atoms with van der Waals surface area (Å²) in [6, 6.07) is -1.97. The number of nitrogens with two attached hydrogens (primary N) is 2. The Bertz CT molecular complexity index is 427. The molecule has 0 aromatic heterocycles. The first-order valence-corrected chi connectivity index (χ1v) is 7.02. The standard InChI is InChI=1S/C13H24N4O5/c1-3-7(2)11(15)12(20)16-6-10(19)17-8(13(21)22)4-5-9(14)18/h7-8,11H,3-6,15H2,1-2H3,(H2,14,18)(H,16,20)(H,17,19)(H,21,22). The molecule has 0 aliphatic rings. The van der Waals surface area contributed by atoms with Crippen LogP contribution in [0.15, 0.2) is 0 Å². The van der Waals surface area contributed by atoms with Gasteiger partial charge in [0, 0.05) is 6.42 Å². The molecule has 9 heteroatoms. The molecule has 3 atom stereocenters. The molecule has 7 N–H and O–H groups in total. The van der Waals surface area contributed by atoms with E-state index in [1.54, 1.807) is 0 Å². The van der Waals surface area contributed by atoms with Gasteiger partial charge in [-0.2, -0.15) is 0 Å². The minimum atomic E-state index is -1.28. The Hall–Kier alpha value is -2.16. The van der Waals surface area contributed by atoms with Gasteiger partial charge in [0.15, 0.2) is 0 Å². The van der Waals surface area contributed by atoms with Gasteiger partial charge < -0.3 is 27.2 Å². The molecule has 22 heavy (non-hydrogen) atoms. The van der Waals surface area contributed by atoms with Gasteiger partial charge in [0.25, 0.3) is 0 Å². The van der Waals surface area contributed by atoms with E-state index in [0.717, 1.165) is 6.42 Å². The lowest BCUT2D eigenvalue weighted by molar-refractivity contribution is -0.142. The summed E-state index contributed by atoms with van der Waals surface area (Å²) in [6.07, 6.45) is 0.439.